The number of carbonyl (C=O) groups is 3. The maximum atomic E-state index is 11.6. The lowest BCUT2D eigenvalue weighted by Gasteiger charge is -2.13. The zero-order valence-corrected chi connectivity index (χ0v) is 11.2. The largest absolute Gasteiger partial charge is 0.465 e. The van der Waals surface area contributed by atoms with Crippen molar-refractivity contribution in [2.24, 2.45) is 0 Å². The second kappa shape index (κ2) is 5.99. The first-order chi connectivity index (χ1) is 8.85. The van der Waals surface area contributed by atoms with Gasteiger partial charge >= 0.3 is 11.9 Å². The molecule has 1 rings (SSSR count). The minimum Gasteiger partial charge on any atom is -0.465 e. The van der Waals surface area contributed by atoms with E-state index in [4.69, 9.17) is 4.74 Å². The zero-order chi connectivity index (χ0) is 14.6. The maximum Gasteiger partial charge on any atom is 0.339 e. The number of methoxy groups -OCH3 is 1. The molecule has 0 aliphatic rings. The Morgan fingerprint density at radius 1 is 1.16 bits per heavy atom. The highest BCUT2D eigenvalue weighted by Crippen LogP contribution is 2.28. The standard InChI is InChI=1S/C13H15NO5/c1-7-5-10(13(17)18-4)11(14-8(2)15)6-12(7)19-9(3)16/h5-6H,1-4H3,(H,14,15). The fourth-order valence-corrected chi connectivity index (χ4v) is 1.52. The monoisotopic (exact) mass is 265 g/mol. The highest BCUT2D eigenvalue weighted by molar-refractivity contribution is 6.01. The van der Waals surface area contributed by atoms with E-state index in [1.165, 1.54) is 33.1 Å². The van der Waals surface area contributed by atoms with E-state index in [0.29, 0.717) is 5.56 Å². The molecule has 1 aromatic carbocycles. The summed E-state index contributed by atoms with van der Waals surface area (Å²) in [5.41, 5.74) is 1.03. The molecule has 0 saturated carbocycles. The van der Waals surface area contributed by atoms with Gasteiger partial charge in [-0.25, -0.2) is 4.79 Å². The molecule has 0 aliphatic carbocycles. The number of amides is 1. The molecular weight excluding hydrogens is 250 g/mol. The molecule has 1 amide bonds. The summed E-state index contributed by atoms with van der Waals surface area (Å²) in [7, 11) is 1.25. The number of hydrogen-bond donors (Lipinski definition) is 1. The summed E-state index contributed by atoms with van der Waals surface area (Å²) in [5.74, 6) is -1.13. The number of esters is 2. The van der Waals surface area contributed by atoms with Crippen LogP contribution in [-0.2, 0) is 14.3 Å². The molecule has 102 valence electrons. The molecule has 0 aliphatic heterocycles. The van der Waals surface area contributed by atoms with E-state index in [9.17, 15) is 14.4 Å². The second-order valence-electron chi connectivity index (χ2n) is 3.93. The van der Waals surface area contributed by atoms with Crippen LogP contribution in [0.3, 0.4) is 0 Å². The van der Waals surface area contributed by atoms with Gasteiger partial charge in [-0.3, -0.25) is 9.59 Å². The minimum atomic E-state index is -0.582. The van der Waals surface area contributed by atoms with Crippen LogP contribution in [0.5, 0.6) is 5.75 Å². The van der Waals surface area contributed by atoms with E-state index in [0.717, 1.165) is 0 Å². The van der Waals surface area contributed by atoms with Crippen molar-refractivity contribution >= 4 is 23.5 Å². The van der Waals surface area contributed by atoms with Crippen LogP contribution >= 0.6 is 0 Å². The molecular formula is C13H15NO5. The van der Waals surface area contributed by atoms with Crippen molar-refractivity contribution in [3.8, 4) is 5.75 Å². The number of ether oxygens (including phenoxy) is 2. The van der Waals surface area contributed by atoms with Gasteiger partial charge in [0, 0.05) is 19.9 Å². The summed E-state index contributed by atoms with van der Waals surface area (Å²) in [6, 6.07) is 2.92. The molecule has 1 aromatic rings. The van der Waals surface area contributed by atoms with Crippen molar-refractivity contribution in [1.82, 2.24) is 0 Å². The molecule has 0 aromatic heterocycles. The summed E-state index contributed by atoms with van der Waals surface area (Å²) >= 11 is 0. The Hall–Kier alpha value is -2.37. The highest BCUT2D eigenvalue weighted by atomic mass is 16.5. The van der Waals surface area contributed by atoms with Crippen molar-refractivity contribution in [2.45, 2.75) is 20.8 Å². The maximum absolute atomic E-state index is 11.6. The third-order valence-electron chi connectivity index (χ3n) is 2.28. The average molecular weight is 265 g/mol. The Labute approximate surface area is 110 Å². The molecule has 0 bridgehead atoms. The van der Waals surface area contributed by atoms with Gasteiger partial charge in [0.25, 0.3) is 0 Å². The predicted molar refractivity (Wildman–Crippen MR) is 68.1 cm³/mol. The second-order valence-corrected chi connectivity index (χ2v) is 3.93. The molecule has 0 fully saturated rings. The first-order valence-corrected chi connectivity index (χ1v) is 5.54. The van der Waals surface area contributed by atoms with Crippen LogP contribution in [0.2, 0.25) is 0 Å². The van der Waals surface area contributed by atoms with Crippen molar-refractivity contribution in [3.05, 3.63) is 23.3 Å². The van der Waals surface area contributed by atoms with Crippen molar-refractivity contribution in [3.63, 3.8) is 0 Å². The fraction of sp³-hybridized carbons (Fsp3) is 0.308. The van der Waals surface area contributed by atoms with Gasteiger partial charge in [-0.05, 0) is 18.6 Å². The van der Waals surface area contributed by atoms with E-state index in [1.54, 1.807) is 6.92 Å². The predicted octanol–water partition coefficient (Wildman–Crippen LogP) is 1.67. The third kappa shape index (κ3) is 3.80. The number of benzene rings is 1. The van der Waals surface area contributed by atoms with Crippen molar-refractivity contribution in [2.75, 3.05) is 12.4 Å². The first kappa shape index (κ1) is 14.7. The normalized spacial score (nSPS) is 9.68. The quantitative estimate of drug-likeness (QED) is 0.664. The molecule has 19 heavy (non-hydrogen) atoms. The molecule has 0 radical (unpaired) electrons. The SMILES string of the molecule is COC(=O)c1cc(C)c(OC(C)=O)cc1NC(C)=O. The smallest absolute Gasteiger partial charge is 0.339 e. The van der Waals surface area contributed by atoms with Crippen LogP contribution in [0.4, 0.5) is 5.69 Å². The molecule has 0 spiro atoms. The molecule has 0 heterocycles. The van der Waals surface area contributed by atoms with E-state index in [1.807, 2.05) is 0 Å². The topological polar surface area (TPSA) is 81.7 Å². The lowest BCUT2D eigenvalue weighted by molar-refractivity contribution is -0.131. The Balaban J connectivity index is 3.31. The zero-order valence-electron chi connectivity index (χ0n) is 11.2. The van der Waals surface area contributed by atoms with Gasteiger partial charge in [-0.1, -0.05) is 0 Å². The van der Waals surface area contributed by atoms with Crippen LogP contribution < -0.4 is 10.1 Å². The highest BCUT2D eigenvalue weighted by Gasteiger charge is 2.17. The lowest BCUT2D eigenvalue weighted by Crippen LogP contribution is -2.13. The molecule has 0 atom stereocenters. The Morgan fingerprint density at radius 3 is 2.26 bits per heavy atom. The van der Waals surface area contributed by atoms with Crippen molar-refractivity contribution < 1.29 is 23.9 Å². The van der Waals surface area contributed by atoms with Crippen LogP contribution in [0, 0.1) is 6.92 Å². The van der Waals surface area contributed by atoms with Gasteiger partial charge in [0.05, 0.1) is 18.4 Å². The molecule has 6 nitrogen and oxygen atoms in total. The minimum absolute atomic E-state index is 0.200. The summed E-state index contributed by atoms with van der Waals surface area (Å²) in [4.78, 5) is 33.7. The number of rotatable bonds is 3. The number of nitrogens with one attached hydrogen (secondary N) is 1. The van der Waals surface area contributed by atoms with E-state index >= 15 is 0 Å². The summed E-state index contributed by atoms with van der Waals surface area (Å²) < 4.78 is 9.63. The lowest BCUT2D eigenvalue weighted by atomic mass is 10.1. The molecule has 1 N–H and O–H groups in total. The van der Waals surface area contributed by atoms with Crippen LogP contribution in [0.1, 0.15) is 29.8 Å². The fourth-order valence-electron chi connectivity index (χ4n) is 1.52. The van der Waals surface area contributed by atoms with Gasteiger partial charge in [0.2, 0.25) is 5.91 Å². The summed E-state index contributed by atoms with van der Waals surface area (Å²) in [5, 5.41) is 2.50. The molecule has 6 heteroatoms. The average Bonchev–Trinajstić information content (AvgIpc) is 2.30. The molecule has 0 saturated heterocycles. The van der Waals surface area contributed by atoms with Gasteiger partial charge < -0.3 is 14.8 Å². The first-order valence-electron chi connectivity index (χ1n) is 5.54. The van der Waals surface area contributed by atoms with Crippen LogP contribution in [-0.4, -0.2) is 25.0 Å². The Bertz CT molecular complexity index is 536. The van der Waals surface area contributed by atoms with Gasteiger partial charge in [-0.15, -0.1) is 0 Å². The van der Waals surface area contributed by atoms with E-state index in [-0.39, 0.29) is 22.9 Å². The van der Waals surface area contributed by atoms with Crippen molar-refractivity contribution in [1.29, 1.82) is 0 Å². The van der Waals surface area contributed by atoms with E-state index in [2.05, 4.69) is 10.1 Å². The Morgan fingerprint density at radius 2 is 1.79 bits per heavy atom. The number of aryl methyl sites for hydroxylation is 1. The summed E-state index contributed by atoms with van der Waals surface area (Å²) in [6.07, 6.45) is 0. The van der Waals surface area contributed by atoms with Crippen LogP contribution in [0.25, 0.3) is 0 Å². The third-order valence-corrected chi connectivity index (χ3v) is 2.28. The number of anilines is 1. The van der Waals surface area contributed by atoms with E-state index < -0.39 is 11.9 Å². The number of carbonyl (C=O) groups excluding carboxylic acids is 3. The molecule has 0 unspecified atom stereocenters. The van der Waals surface area contributed by atoms with Gasteiger partial charge in [-0.2, -0.15) is 0 Å². The summed E-state index contributed by atoms with van der Waals surface area (Å²) in [6.45, 7) is 4.26. The number of hydrogen-bond acceptors (Lipinski definition) is 5. The van der Waals surface area contributed by atoms with Gasteiger partial charge in [0.15, 0.2) is 0 Å². The van der Waals surface area contributed by atoms with Crippen LogP contribution in [0.15, 0.2) is 12.1 Å². The van der Waals surface area contributed by atoms with Gasteiger partial charge in [0.1, 0.15) is 5.75 Å². The Kier molecular flexibility index (Phi) is 4.63.